The molecular weight excluding hydrogens is 440 g/mol. The molecule has 0 radical (unpaired) electrons. The third-order valence-corrected chi connectivity index (χ3v) is 5.10. The molecule has 0 amide bonds. The summed E-state index contributed by atoms with van der Waals surface area (Å²) < 4.78 is 0. The summed E-state index contributed by atoms with van der Waals surface area (Å²) in [6.07, 6.45) is 12.1. The van der Waals surface area contributed by atoms with Crippen molar-refractivity contribution in [1.82, 2.24) is 0 Å². The van der Waals surface area contributed by atoms with Gasteiger partial charge < -0.3 is 0 Å². The Balaban J connectivity index is -0.000000110. The van der Waals surface area contributed by atoms with E-state index in [2.05, 4.69) is 105 Å². The molecule has 0 aliphatic rings. The molecule has 0 unspecified atom stereocenters. The summed E-state index contributed by atoms with van der Waals surface area (Å²) in [5.41, 5.74) is 4.14. The second-order valence-corrected chi connectivity index (χ2v) is 8.01. The fourth-order valence-electron chi connectivity index (χ4n) is 2.40. The molecule has 0 nitrogen and oxygen atoms in total. The van der Waals surface area contributed by atoms with Crippen molar-refractivity contribution in [2.45, 2.75) is 125 Å². The summed E-state index contributed by atoms with van der Waals surface area (Å²) in [6, 6.07) is 16.6. The van der Waals surface area contributed by atoms with Gasteiger partial charge in [0, 0.05) is 4.90 Å². The average molecular weight is 503 g/mol. The Morgan fingerprint density at radius 2 is 0.943 bits per heavy atom. The van der Waals surface area contributed by atoms with Gasteiger partial charge in [0.05, 0.1) is 0 Å². The van der Waals surface area contributed by atoms with Crippen LogP contribution in [0.2, 0.25) is 0 Å². The van der Waals surface area contributed by atoms with Crippen molar-refractivity contribution < 1.29 is 0 Å². The predicted molar refractivity (Wildman–Crippen MR) is 172 cm³/mol. The zero-order chi connectivity index (χ0) is 28.3. The van der Waals surface area contributed by atoms with Crippen LogP contribution >= 0.6 is 12.6 Å². The molecule has 1 heteroatoms. The first kappa shape index (κ1) is 43.4. The SMILES string of the molecule is C=C.C=C.CC.CCCC.CCCCCCC.CCCc1ccccc1C.Cc1ccccc1S. The van der Waals surface area contributed by atoms with Gasteiger partial charge in [-0.3, -0.25) is 0 Å². The quantitative estimate of drug-likeness (QED) is 0.217. The van der Waals surface area contributed by atoms with E-state index in [1.807, 2.05) is 45.0 Å². The largest absolute Gasteiger partial charge is 0.143 e. The van der Waals surface area contributed by atoms with Gasteiger partial charge >= 0.3 is 0 Å². The van der Waals surface area contributed by atoms with Gasteiger partial charge in [-0.2, -0.15) is 0 Å². The van der Waals surface area contributed by atoms with Crippen LogP contribution in [0, 0.1) is 13.8 Å². The van der Waals surface area contributed by atoms with Crippen LogP contribution in [0.15, 0.2) is 79.7 Å². The van der Waals surface area contributed by atoms with Crippen molar-refractivity contribution >= 4 is 12.6 Å². The van der Waals surface area contributed by atoms with E-state index in [-0.39, 0.29) is 0 Å². The molecule has 2 aromatic rings. The summed E-state index contributed by atoms with van der Waals surface area (Å²) in [7, 11) is 0. The van der Waals surface area contributed by atoms with Crippen LogP contribution in [0.4, 0.5) is 0 Å². The molecule has 0 spiro atoms. The average Bonchev–Trinajstić information content (AvgIpc) is 2.92. The molecule has 0 atom stereocenters. The molecule has 0 aromatic heterocycles. The first-order valence-electron chi connectivity index (χ1n) is 13.8. The van der Waals surface area contributed by atoms with E-state index in [0.29, 0.717) is 0 Å². The van der Waals surface area contributed by atoms with Crippen LogP contribution in [0.1, 0.15) is 117 Å². The molecule has 0 heterocycles. The predicted octanol–water partition coefficient (Wildman–Crippen LogP) is 12.6. The zero-order valence-electron chi connectivity index (χ0n) is 25.3. The van der Waals surface area contributed by atoms with Gasteiger partial charge in [-0.05, 0) is 43.0 Å². The number of hydrogen-bond donors (Lipinski definition) is 1. The molecule has 0 saturated heterocycles. The van der Waals surface area contributed by atoms with Gasteiger partial charge in [0.15, 0.2) is 0 Å². The van der Waals surface area contributed by atoms with E-state index in [4.69, 9.17) is 0 Å². The summed E-state index contributed by atoms with van der Waals surface area (Å²) >= 11 is 4.20. The second-order valence-electron chi connectivity index (χ2n) is 7.52. The Morgan fingerprint density at radius 3 is 1.23 bits per heavy atom. The molecule has 0 aliphatic carbocycles. The Labute approximate surface area is 228 Å². The van der Waals surface area contributed by atoms with Crippen molar-refractivity contribution in [2.75, 3.05) is 0 Å². The Kier molecular flexibility index (Phi) is 52.6. The molecular formula is C34H62S. The molecule has 0 N–H and O–H groups in total. The number of hydrogen-bond acceptors (Lipinski definition) is 1. The number of unbranched alkanes of at least 4 members (excludes halogenated alkanes) is 5. The van der Waals surface area contributed by atoms with Gasteiger partial charge in [-0.15, -0.1) is 38.9 Å². The maximum atomic E-state index is 4.20. The number of rotatable bonds is 7. The van der Waals surface area contributed by atoms with E-state index >= 15 is 0 Å². The van der Waals surface area contributed by atoms with Gasteiger partial charge in [-0.25, -0.2) is 0 Å². The number of thiol groups is 1. The minimum atomic E-state index is 1.06. The maximum Gasteiger partial charge on any atom is 0.00692 e. The molecule has 0 bridgehead atoms. The molecule has 2 rings (SSSR count). The maximum absolute atomic E-state index is 4.20. The number of benzene rings is 2. The Morgan fingerprint density at radius 1 is 0.543 bits per heavy atom. The lowest BCUT2D eigenvalue weighted by molar-refractivity contribution is 0.656. The Hall–Kier alpha value is -1.73. The fraction of sp³-hybridized carbons (Fsp3) is 0.529. The molecule has 0 fully saturated rings. The first-order valence-corrected chi connectivity index (χ1v) is 14.2. The van der Waals surface area contributed by atoms with Crippen molar-refractivity contribution in [3.05, 3.63) is 91.5 Å². The summed E-state index contributed by atoms with van der Waals surface area (Å²) in [6.45, 7) is 31.3. The van der Waals surface area contributed by atoms with Crippen LogP contribution < -0.4 is 0 Å². The van der Waals surface area contributed by atoms with Gasteiger partial charge in [-0.1, -0.05) is 142 Å². The van der Waals surface area contributed by atoms with E-state index in [1.54, 1.807) is 0 Å². The lowest BCUT2D eigenvalue weighted by Gasteiger charge is -2.01. The third-order valence-electron chi connectivity index (χ3n) is 4.60. The van der Waals surface area contributed by atoms with E-state index in [0.717, 1.165) is 4.90 Å². The third kappa shape index (κ3) is 37.0. The van der Waals surface area contributed by atoms with Crippen molar-refractivity contribution in [1.29, 1.82) is 0 Å². The smallest absolute Gasteiger partial charge is 0.00692 e. The van der Waals surface area contributed by atoms with Crippen molar-refractivity contribution in [2.24, 2.45) is 0 Å². The minimum Gasteiger partial charge on any atom is -0.143 e. The second kappa shape index (κ2) is 42.4. The van der Waals surface area contributed by atoms with E-state index in [9.17, 15) is 0 Å². The van der Waals surface area contributed by atoms with E-state index < -0.39 is 0 Å². The highest BCUT2D eigenvalue weighted by Gasteiger charge is 1.92. The topological polar surface area (TPSA) is 0 Å². The monoisotopic (exact) mass is 502 g/mol. The molecule has 0 aliphatic heterocycles. The lowest BCUT2D eigenvalue weighted by atomic mass is 10.1. The zero-order valence-corrected chi connectivity index (χ0v) is 26.2. The lowest BCUT2D eigenvalue weighted by Crippen LogP contribution is -1.85. The summed E-state index contributed by atoms with van der Waals surface area (Å²) in [5, 5.41) is 0. The van der Waals surface area contributed by atoms with Crippen LogP contribution in [-0.2, 0) is 6.42 Å². The van der Waals surface area contributed by atoms with Crippen molar-refractivity contribution in [3.63, 3.8) is 0 Å². The highest BCUT2D eigenvalue weighted by atomic mass is 32.1. The molecule has 0 saturated carbocycles. The van der Waals surface area contributed by atoms with Gasteiger partial charge in [0.2, 0.25) is 0 Å². The van der Waals surface area contributed by atoms with Gasteiger partial charge in [0.1, 0.15) is 0 Å². The molecule has 204 valence electrons. The normalized spacial score (nSPS) is 8.06. The highest BCUT2D eigenvalue weighted by molar-refractivity contribution is 7.80. The van der Waals surface area contributed by atoms with Gasteiger partial charge in [0.25, 0.3) is 0 Å². The van der Waals surface area contributed by atoms with Crippen LogP contribution in [0.3, 0.4) is 0 Å². The number of aryl methyl sites for hydroxylation is 3. The van der Waals surface area contributed by atoms with Crippen molar-refractivity contribution in [3.8, 4) is 0 Å². The first-order chi connectivity index (χ1) is 17.0. The Bertz CT molecular complexity index is 574. The highest BCUT2D eigenvalue weighted by Crippen LogP contribution is 2.10. The fourth-order valence-corrected chi connectivity index (χ4v) is 2.56. The minimum absolute atomic E-state index is 1.06. The molecule has 2 aromatic carbocycles. The van der Waals surface area contributed by atoms with Crippen LogP contribution in [0.25, 0.3) is 0 Å². The summed E-state index contributed by atoms with van der Waals surface area (Å²) in [5.74, 6) is 0. The molecule has 35 heavy (non-hydrogen) atoms. The van der Waals surface area contributed by atoms with E-state index in [1.165, 1.54) is 74.5 Å². The summed E-state index contributed by atoms with van der Waals surface area (Å²) in [4.78, 5) is 1.06. The van der Waals surface area contributed by atoms with Crippen LogP contribution in [0.5, 0.6) is 0 Å². The van der Waals surface area contributed by atoms with Crippen LogP contribution in [-0.4, -0.2) is 0 Å². The standard InChI is InChI=1S/C10H14.C7H8S.C7H16.C4H10.C2H6.2C2H4/c1-3-6-10-8-5-4-7-9(10)2;1-6-4-2-3-5-7(6)8;1-3-5-7-6-4-2;1-3-4-2;3*1-2/h4-5,7-8H,3,6H2,1-2H3;2-5,8H,1H3;3-7H2,1-2H3;3-4H2,1-2H3;1-2H3;2*1-2H2.